The van der Waals surface area contributed by atoms with Crippen LogP contribution in [0, 0.1) is 20.8 Å². The summed E-state index contributed by atoms with van der Waals surface area (Å²) >= 11 is 1.65. The van der Waals surface area contributed by atoms with Gasteiger partial charge in [0, 0.05) is 17.5 Å². The molecule has 0 saturated heterocycles. The van der Waals surface area contributed by atoms with Crippen molar-refractivity contribution >= 4 is 44.3 Å². The second kappa shape index (κ2) is 8.96. The van der Waals surface area contributed by atoms with E-state index < -0.39 is 5.91 Å². The average molecular weight is 485 g/mol. The monoisotopic (exact) mass is 484 g/mol. The number of ether oxygens (including phenoxy) is 1. The molecule has 7 nitrogen and oxygen atoms in total. The fourth-order valence-corrected chi connectivity index (χ4v) is 5.13. The van der Waals surface area contributed by atoms with Gasteiger partial charge in [-0.15, -0.1) is 11.3 Å². The Morgan fingerprint density at radius 1 is 0.971 bits per heavy atom. The Morgan fingerprint density at radius 3 is 2.49 bits per heavy atom. The van der Waals surface area contributed by atoms with Crippen LogP contribution in [0.2, 0.25) is 0 Å². The Morgan fingerprint density at radius 2 is 1.74 bits per heavy atom. The minimum absolute atomic E-state index is 0.0395. The normalized spacial score (nSPS) is 11.3. The van der Waals surface area contributed by atoms with Crippen molar-refractivity contribution in [1.29, 1.82) is 0 Å². The number of amides is 1. The molecule has 5 aromatic rings. The number of nitrogens with two attached hydrogens (primary N) is 1. The van der Waals surface area contributed by atoms with Crippen LogP contribution in [0.1, 0.15) is 32.1 Å². The largest absolute Gasteiger partial charge is 0.484 e. The molecule has 0 aliphatic carbocycles. The summed E-state index contributed by atoms with van der Waals surface area (Å²) in [6.45, 7) is 5.74. The Kier molecular flexibility index (Phi) is 5.82. The number of H-pyrrole nitrogens is 1. The maximum absolute atomic E-state index is 13.0. The molecule has 0 fully saturated rings. The van der Waals surface area contributed by atoms with E-state index in [9.17, 15) is 9.59 Å². The lowest BCUT2D eigenvalue weighted by atomic mass is 10.0. The molecule has 0 aliphatic heterocycles. The van der Waals surface area contributed by atoms with Crippen LogP contribution in [0.5, 0.6) is 5.75 Å². The first-order valence-electron chi connectivity index (χ1n) is 11.2. The van der Waals surface area contributed by atoms with Crippen molar-refractivity contribution in [3.8, 4) is 17.1 Å². The average Bonchev–Trinajstić information content (AvgIpc) is 3.38. The lowest BCUT2D eigenvalue weighted by Crippen LogP contribution is -2.20. The molecule has 0 unspecified atom stereocenters. The van der Waals surface area contributed by atoms with Crippen molar-refractivity contribution in [2.45, 2.75) is 27.2 Å². The summed E-state index contributed by atoms with van der Waals surface area (Å²) in [5.41, 5.74) is 12.1. The van der Waals surface area contributed by atoms with E-state index in [-0.39, 0.29) is 12.4 Å². The Balaban J connectivity index is 1.40. The first kappa shape index (κ1) is 22.7. The van der Waals surface area contributed by atoms with E-state index in [4.69, 9.17) is 15.5 Å². The van der Waals surface area contributed by atoms with Crippen LogP contribution in [0.4, 0.5) is 0 Å². The highest BCUT2D eigenvalue weighted by Gasteiger charge is 2.15. The number of carbonyl (C=O) groups is 2. The first-order valence-corrected chi connectivity index (χ1v) is 12.0. The number of aromatic amines is 1. The number of thiazole rings is 1. The van der Waals surface area contributed by atoms with Crippen molar-refractivity contribution in [2.24, 2.45) is 5.73 Å². The zero-order chi connectivity index (χ0) is 24.7. The summed E-state index contributed by atoms with van der Waals surface area (Å²) in [5.74, 6) is 0.811. The van der Waals surface area contributed by atoms with Gasteiger partial charge in [0.2, 0.25) is 0 Å². The number of fused-ring (bicyclic) bond motifs is 2. The molecule has 35 heavy (non-hydrogen) atoms. The van der Waals surface area contributed by atoms with Crippen LogP contribution in [-0.2, 0) is 11.2 Å². The van der Waals surface area contributed by atoms with Gasteiger partial charge in [0.25, 0.3) is 5.91 Å². The maximum Gasteiger partial charge on any atom is 0.255 e. The second-order valence-electron chi connectivity index (χ2n) is 8.64. The van der Waals surface area contributed by atoms with Crippen LogP contribution < -0.4 is 10.5 Å². The number of nitrogens with one attached hydrogen (secondary N) is 1. The molecular weight excluding hydrogens is 460 g/mol. The van der Waals surface area contributed by atoms with Crippen LogP contribution in [0.3, 0.4) is 0 Å². The first-order chi connectivity index (χ1) is 16.8. The fourth-order valence-electron chi connectivity index (χ4n) is 4.32. The van der Waals surface area contributed by atoms with Gasteiger partial charge in [-0.05, 0) is 79.9 Å². The third-order valence-electron chi connectivity index (χ3n) is 5.85. The SMILES string of the molecule is Cc1nc2cc(CC(=O)c3ccc4nc(-c5c(C)cc(OCC(N)=O)cc5C)[nH]c4c3)ccc2s1. The number of Topliss-reactive ketones (excluding diaryl/α,β-unsaturated/α-hetero) is 1. The van der Waals surface area contributed by atoms with Crippen molar-refractivity contribution in [3.63, 3.8) is 0 Å². The highest BCUT2D eigenvalue weighted by Crippen LogP contribution is 2.31. The zero-order valence-electron chi connectivity index (χ0n) is 19.6. The number of ketones is 1. The van der Waals surface area contributed by atoms with E-state index >= 15 is 0 Å². The number of aryl methyl sites for hydroxylation is 3. The van der Waals surface area contributed by atoms with Gasteiger partial charge in [0.1, 0.15) is 11.6 Å². The quantitative estimate of drug-likeness (QED) is 0.314. The smallest absolute Gasteiger partial charge is 0.255 e. The number of hydrogen-bond donors (Lipinski definition) is 2. The van der Waals surface area contributed by atoms with E-state index in [0.29, 0.717) is 23.6 Å². The second-order valence-corrected chi connectivity index (χ2v) is 9.87. The third-order valence-corrected chi connectivity index (χ3v) is 6.80. The number of nitrogens with zero attached hydrogens (tertiary/aromatic N) is 2. The number of hydrogen-bond acceptors (Lipinski definition) is 6. The molecule has 8 heteroatoms. The molecule has 5 rings (SSSR count). The summed E-state index contributed by atoms with van der Waals surface area (Å²) in [5, 5.41) is 1.02. The van der Waals surface area contributed by atoms with Gasteiger partial charge in [0.15, 0.2) is 12.4 Å². The summed E-state index contributed by atoms with van der Waals surface area (Å²) in [6, 6.07) is 15.3. The molecule has 1 amide bonds. The van der Waals surface area contributed by atoms with E-state index in [1.807, 2.05) is 69.3 Å². The van der Waals surface area contributed by atoms with Gasteiger partial charge >= 0.3 is 0 Å². The highest BCUT2D eigenvalue weighted by molar-refractivity contribution is 7.18. The van der Waals surface area contributed by atoms with Gasteiger partial charge < -0.3 is 15.5 Å². The van der Waals surface area contributed by atoms with E-state index in [2.05, 4.69) is 9.97 Å². The maximum atomic E-state index is 13.0. The van der Waals surface area contributed by atoms with Crippen molar-refractivity contribution in [2.75, 3.05) is 6.61 Å². The van der Waals surface area contributed by atoms with Gasteiger partial charge in [0.05, 0.1) is 26.3 Å². The molecule has 3 N–H and O–H groups in total. The molecule has 2 heterocycles. The molecule has 176 valence electrons. The molecule has 0 saturated carbocycles. The predicted molar refractivity (Wildman–Crippen MR) is 138 cm³/mol. The van der Waals surface area contributed by atoms with Crippen molar-refractivity contribution in [3.05, 3.63) is 75.8 Å². The molecule has 0 spiro atoms. The Hall–Kier alpha value is -4.04. The van der Waals surface area contributed by atoms with Crippen LogP contribution in [-0.4, -0.2) is 33.2 Å². The Bertz CT molecular complexity index is 1590. The number of primary amides is 1. The number of aromatic nitrogens is 3. The van der Waals surface area contributed by atoms with Gasteiger partial charge in [-0.1, -0.05) is 6.07 Å². The van der Waals surface area contributed by atoms with Gasteiger partial charge in [-0.2, -0.15) is 0 Å². The lowest BCUT2D eigenvalue weighted by molar-refractivity contribution is -0.119. The topological polar surface area (TPSA) is 111 Å². The number of rotatable bonds is 7. The molecule has 0 atom stereocenters. The molecular formula is C27H24N4O3S. The van der Waals surface area contributed by atoms with Gasteiger partial charge in [-0.25, -0.2) is 9.97 Å². The van der Waals surface area contributed by atoms with Crippen molar-refractivity contribution < 1.29 is 14.3 Å². The van der Waals surface area contributed by atoms with Crippen LogP contribution in [0.25, 0.3) is 32.6 Å². The number of carbonyl (C=O) groups excluding carboxylic acids is 2. The summed E-state index contributed by atoms with van der Waals surface area (Å²) in [7, 11) is 0. The molecule has 0 radical (unpaired) electrons. The zero-order valence-corrected chi connectivity index (χ0v) is 20.5. The molecule has 2 aromatic heterocycles. The standard InChI is InChI=1S/C27H24N4O3S/c1-14-8-19(34-13-25(28)33)9-15(2)26(14)27-30-20-6-5-18(12-21(20)31-27)23(32)11-17-4-7-24-22(10-17)29-16(3)35-24/h4-10,12H,11,13H2,1-3H3,(H2,28,33)(H,30,31). The fraction of sp³-hybridized carbons (Fsp3) is 0.185. The van der Waals surface area contributed by atoms with E-state index in [1.165, 1.54) is 0 Å². The van der Waals surface area contributed by atoms with Crippen molar-refractivity contribution in [1.82, 2.24) is 15.0 Å². The summed E-state index contributed by atoms with van der Waals surface area (Å²) in [4.78, 5) is 36.7. The third kappa shape index (κ3) is 4.65. The molecule has 0 aliphatic rings. The summed E-state index contributed by atoms with van der Waals surface area (Å²) in [6.07, 6.45) is 0.310. The lowest BCUT2D eigenvalue weighted by Gasteiger charge is -2.11. The molecule has 0 bridgehead atoms. The Labute approximate surface area is 206 Å². The minimum atomic E-state index is -0.522. The number of imidazole rings is 1. The highest BCUT2D eigenvalue weighted by atomic mass is 32.1. The predicted octanol–water partition coefficient (Wildman–Crippen LogP) is 5.05. The van der Waals surface area contributed by atoms with Crippen LogP contribution >= 0.6 is 11.3 Å². The minimum Gasteiger partial charge on any atom is -0.484 e. The summed E-state index contributed by atoms with van der Waals surface area (Å²) < 4.78 is 6.58. The van der Waals surface area contributed by atoms with E-state index in [1.54, 1.807) is 11.3 Å². The van der Waals surface area contributed by atoms with Crippen LogP contribution in [0.15, 0.2) is 48.5 Å². The number of benzene rings is 3. The molecule has 3 aromatic carbocycles. The van der Waals surface area contributed by atoms with E-state index in [0.717, 1.165) is 48.5 Å². The van der Waals surface area contributed by atoms with Gasteiger partial charge in [-0.3, -0.25) is 9.59 Å².